The lowest BCUT2D eigenvalue weighted by Crippen LogP contribution is -2.93. The summed E-state index contributed by atoms with van der Waals surface area (Å²) in [7, 11) is 0. The van der Waals surface area contributed by atoms with Gasteiger partial charge in [0, 0.05) is 0 Å². The van der Waals surface area contributed by atoms with E-state index in [9.17, 15) is 0 Å². The van der Waals surface area contributed by atoms with E-state index < -0.39 is 39.8 Å². The molecule has 0 bridgehead atoms. The first kappa shape index (κ1) is 57.8. The van der Waals surface area contributed by atoms with Gasteiger partial charge in [-0.3, -0.25) is 0 Å². The summed E-state index contributed by atoms with van der Waals surface area (Å²) in [6.45, 7) is 46.6. The summed E-state index contributed by atoms with van der Waals surface area (Å²) in [4.78, 5) is 0. The Hall–Kier alpha value is -3.38. The van der Waals surface area contributed by atoms with Crippen LogP contribution in [0.3, 0.4) is 0 Å². The van der Waals surface area contributed by atoms with Gasteiger partial charge in [0.1, 0.15) is 0 Å². The lowest BCUT2D eigenvalue weighted by molar-refractivity contribution is 0.843. The van der Waals surface area contributed by atoms with Gasteiger partial charge in [-0.25, -0.2) is 0 Å². The van der Waals surface area contributed by atoms with Crippen molar-refractivity contribution >= 4 is 70.9 Å². The molecule has 6 aromatic carbocycles. The van der Waals surface area contributed by atoms with Gasteiger partial charge in [0.25, 0.3) is 0 Å². The van der Waals surface area contributed by atoms with Gasteiger partial charge in [-0.2, -0.15) is 0 Å². The smallest absolute Gasteiger partial charge is 0.0617 e. The molecular formula is C72H102Si6. The molecule has 0 nitrogen and oxygen atoms in total. The molecule has 6 aromatic rings. The van der Waals surface area contributed by atoms with Gasteiger partial charge in [-0.15, -0.1) is 0 Å². The quantitative estimate of drug-likeness (QED) is 0.0753. The molecule has 0 amide bonds. The molecule has 0 aliphatic carbocycles. The Bertz CT molecular complexity index is 2550. The fourth-order valence-corrected chi connectivity index (χ4v) is 670. The molecule has 0 saturated carbocycles. The van der Waals surface area contributed by atoms with Gasteiger partial charge in [0.05, 0.1) is 39.8 Å². The van der Waals surface area contributed by atoms with E-state index in [0.29, 0.717) is 71.0 Å². The third-order valence-corrected chi connectivity index (χ3v) is 262. The Labute approximate surface area is 480 Å². The SMILES string of the molecule is CC(C)c1cccc(C(C)C)c1[Si]12[Si]3(c4c(C(C)C)cccc4C(C)C)[Si]1(c1c(C(C)C)cccc1C(C)C)[Si]1(c4c(C(C)C)cccc4C(C)C)[Si]2(c2c(C(C)C)cccc2C(C)C)[Si]31c1c(C(C)C)cccc1C(C)C. The summed E-state index contributed by atoms with van der Waals surface area (Å²) in [5.74, 6) is 5.31. The Kier molecular flexibility index (Phi) is 14.6. The third kappa shape index (κ3) is 6.38. The van der Waals surface area contributed by atoms with Crippen LogP contribution >= 0.6 is 0 Å². The maximum Gasteiger partial charge on any atom is 0.0719 e. The number of hydrogen-bond donors (Lipinski definition) is 0. The molecule has 11 rings (SSSR count). The summed E-state index contributed by atoms with van der Waals surface area (Å²) in [5.41, 5.74) is 21.3. The van der Waals surface area contributed by atoms with E-state index in [0.717, 1.165) is 0 Å². The van der Waals surface area contributed by atoms with Crippen LogP contribution in [0.5, 0.6) is 0 Å². The van der Waals surface area contributed by atoms with Crippen LogP contribution in [0.4, 0.5) is 0 Å². The molecule has 0 spiro atoms. The van der Waals surface area contributed by atoms with Gasteiger partial charge >= 0.3 is 0 Å². The average Bonchev–Trinajstić information content (AvgIpc) is 3.95. The maximum atomic E-state index is 2.75. The first-order chi connectivity index (χ1) is 36.7. The number of benzene rings is 6. The fraction of sp³-hybridized carbons (Fsp3) is 0.500. The monoisotopic (exact) mass is 1130 g/mol. The van der Waals surface area contributed by atoms with Gasteiger partial charge in [-0.05, 0) is 138 Å². The Morgan fingerprint density at radius 3 is 0.295 bits per heavy atom. The fourth-order valence-electron chi connectivity index (χ4n) is 19.6. The minimum Gasteiger partial charge on any atom is -0.0617 e. The topological polar surface area (TPSA) is 0 Å². The molecular weight excluding hydrogens is 1030 g/mol. The van der Waals surface area contributed by atoms with Gasteiger partial charge in [-0.1, -0.05) is 306 Å². The highest BCUT2D eigenvalue weighted by Gasteiger charge is 3.42. The summed E-state index contributed by atoms with van der Waals surface area (Å²) < 4.78 is 0. The largest absolute Gasteiger partial charge is 0.0719 e. The van der Waals surface area contributed by atoms with Crippen molar-refractivity contribution in [1.29, 1.82) is 0 Å². The van der Waals surface area contributed by atoms with Crippen LogP contribution in [-0.4, -0.2) is 39.8 Å². The van der Waals surface area contributed by atoms with Crippen LogP contribution in [0, 0.1) is 0 Å². The lowest BCUT2D eigenvalue weighted by atomic mass is 9.95. The van der Waals surface area contributed by atoms with Gasteiger partial charge in [0.2, 0.25) is 0 Å². The molecule has 0 aromatic heterocycles. The van der Waals surface area contributed by atoms with E-state index in [1.807, 2.05) is 0 Å². The highest BCUT2D eigenvalue weighted by molar-refractivity contribution is 8.97. The second-order valence-electron chi connectivity index (χ2n) is 29.2. The molecule has 5 saturated heterocycles. The summed E-state index contributed by atoms with van der Waals surface area (Å²) in [5, 5.41) is 12.6. The van der Waals surface area contributed by atoms with Crippen LogP contribution in [0.25, 0.3) is 0 Å². The van der Waals surface area contributed by atoms with Gasteiger partial charge in [0.15, 0.2) is 0 Å². The first-order valence-corrected chi connectivity index (χ1v) is 52.5. The van der Waals surface area contributed by atoms with Crippen molar-refractivity contribution in [2.45, 2.75) is 237 Å². The normalized spacial score (nSPS) is 25.8. The number of rotatable bonds is 18. The molecule has 0 radical (unpaired) electrons. The zero-order chi connectivity index (χ0) is 57.0. The minimum atomic E-state index is -2.73. The van der Waals surface area contributed by atoms with Crippen molar-refractivity contribution < 1.29 is 0 Å². The third-order valence-electron chi connectivity index (χ3n) is 21.4. The molecule has 414 valence electrons. The molecule has 0 N–H and O–H groups in total. The summed E-state index contributed by atoms with van der Waals surface area (Å²) >= 11 is 0. The molecule has 5 aliphatic heterocycles. The number of hydrogen-bond acceptors (Lipinski definition) is 0. The summed E-state index contributed by atoms with van der Waals surface area (Å²) in [6.07, 6.45) is 0. The van der Waals surface area contributed by atoms with E-state index in [-0.39, 0.29) is 0 Å². The Morgan fingerprint density at radius 2 is 0.231 bits per heavy atom. The predicted octanol–water partition coefficient (Wildman–Crippen LogP) is 16.4. The van der Waals surface area contributed by atoms with Crippen LogP contribution in [-0.2, 0) is 0 Å². The van der Waals surface area contributed by atoms with Crippen LogP contribution in [0.1, 0.15) is 304 Å². The van der Waals surface area contributed by atoms with Crippen LogP contribution in [0.15, 0.2) is 109 Å². The molecule has 0 unspecified atom stereocenters. The average molecular weight is 1140 g/mol. The van der Waals surface area contributed by atoms with Crippen molar-refractivity contribution in [1.82, 2.24) is 0 Å². The zero-order valence-electron chi connectivity index (χ0n) is 53.3. The van der Waals surface area contributed by atoms with E-state index in [4.69, 9.17) is 0 Å². The molecule has 6 heteroatoms. The standard InChI is InChI=1S/C72H102Si6/c1-43(2)55-31-25-32-56(44(3)4)67(55)73-74(68-57(45(5)6)33-26-34-58(68)46(7)8)75(73,69-59(47(9)10)35-27-36-60(69)48(11)12)78(72-65(53(21)22)41-30-42-66(72)54(23)24)76(73,70-61(49(13)14)37-28-38-62(70)50(15)16)77(74,78)71-63(51(17)18)39-29-40-64(71)52(19)20/h25-54H,1-24H3. The molecule has 0 atom stereocenters. The van der Waals surface area contributed by atoms with E-state index in [1.54, 1.807) is 66.8 Å². The van der Waals surface area contributed by atoms with Crippen molar-refractivity contribution in [2.24, 2.45) is 0 Å². The predicted molar refractivity (Wildman–Crippen MR) is 360 cm³/mol. The lowest BCUT2D eigenvalue weighted by Gasteiger charge is -2.54. The van der Waals surface area contributed by atoms with Crippen molar-refractivity contribution in [3.8, 4) is 0 Å². The first-order valence-electron chi connectivity index (χ1n) is 31.5. The highest BCUT2D eigenvalue weighted by atomic mass is 31.1. The van der Waals surface area contributed by atoms with E-state index in [2.05, 4.69) is 306 Å². The second kappa shape index (κ2) is 19.6. The zero-order valence-corrected chi connectivity index (χ0v) is 59.3. The maximum absolute atomic E-state index is 2.75. The molecule has 5 heterocycles. The molecule has 5 fully saturated rings. The highest BCUT2D eigenvalue weighted by Crippen LogP contribution is 2.98. The summed E-state index contributed by atoms with van der Waals surface area (Å²) in [6, 6.07) is 48.3. The second-order valence-corrected chi connectivity index (χ2v) is 109. The van der Waals surface area contributed by atoms with Crippen molar-refractivity contribution in [3.05, 3.63) is 176 Å². The molecule has 78 heavy (non-hydrogen) atoms. The van der Waals surface area contributed by atoms with Crippen molar-refractivity contribution in [2.75, 3.05) is 0 Å². The Morgan fingerprint density at radius 1 is 0.154 bits per heavy atom. The van der Waals surface area contributed by atoms with Crippen LogP contribution in [0.2, 0.25) is 0 Å². The van der Waals surface area contributed by atoms with Gasteiger partial charge < -0.3 is 0 Å². The molecule has 5 aliphatic rings. The van der Waals surface area contributed by atoms with E-state index >= 15 is 0 Å². The van der Waals surface area contributed by atoms with E-state index in [1.165, 1.54) is 0 Å². The van der Waals surface area contributed by atoms with Crippen molar-refractivity contribution in [3.63, 3.8) is 0 Å². The van der Waals surface area contributed by atoms with Crippen LogP contribution < -0.4 is 31.1 Å². The Balaban J connectivity index is 1.73. The minimum absolute atomic E-state index is 0.443.